The summed E-state index contributed by atoms with van der Waals surface area (Å²) in [5.41, 5.74) is 2.75. The Balaban J connectivity index is 1.60. The number of hydrogen-bond donors (Lipinski definition) is 2. The minimum absolute atomic E-state index is 0.240. The van der Waals surface area contributed by atoms with Crippen LogP contribution in [0.3, 0.4) is 0 Å². The van der Waals surface area contributed by atoms with Crippen LogP contribution in [-0.2, 0) is 20.1 Å². The molecule has 0 aliphatic rings. The number of fused-ring (bicyclic) bond motifs is 1. The van der Waals surface area contributed by atoms with Gasteiger partial charge in [0.05, 0.1) is 30.3 Å². The van der Waals surface area contributed by atoms with E-state index < -0.39 is 0 Å². The molecule has 2 aromatic heterocycles. The van der Waals surface area contributed by atoms with Crippen molar-refractivity contribution in [1.29, 1.82) is 0 Å². The number of hydrogen-bond acceptors (Lipinski definition) is 3. The van der Waals surface area contributed by atoms with Crippen LogP contribution in [0.15, 0.2) is 36.9 Å². The molecule has 1 aromatic carbocycles. The van der Waals surface area contributed by atoms with Gasteiger partial charge in [0.1, 0.15) is 0 Å². The topological polar surface area (TPSA) is 76.8 Å². The lowest BCUT2D eigenvalue weighted by Gasteiger charge is -2.12. The lowest BCUT2D eigenvalue weighted by atomic mass is 10.2. The number of nitrogens with one attached hydrogen (secondary N) is 2. The van der Waals surface area contributed by atoms with Crippen molar-refractivity contribution in [2.45, 2.75) is 26.9 Å². The van der Waals surface area contributed by atoms with Crippen LogP contribution in [0.5, 0.6) is 0 Å². The van der Waals surface area contributed by atoms with Crippen LogP contribution in [0.1, 0.15) is 19.5 Å². The molecule has 0 aliphatic carbocycles. The Labute approximate surface area is 140 Å². The number of anilines is 1. The highest BCUT2D eigenvalue weighted by Crippen LogP contribution is 2.18. The summed E-state index contributed by atoms with van der Waals surface area (Å²) in [7, 11) is 1.89. The van der Waals surface area contributed by atoms with Crippen LogP contribution in [0.2, 0.25) is 0 Å². The number of imidazole rings is 1. The number of aromatic nitrogens is 4. The first-order valence-electron chi connectivity index (χ1n) is 7.98. The zero-order valence-electron chi connectivity index (χ0n) is 14.2. The minimum atomic E-state index is -0.240. The molecule has 0 saturated heterocycles. The molecule has 3 rings (SSSR count). The van der Waals surface area contributed by atoms with Crippen molar-refractivity contribution in [3.8, 4) is 0 Å². The molecule has 0 spiro atoms. The van der Waals surface area contributed by atoms with Crippen molar-refractivity contribution in [3.05, 3.63) is 42.6 Å². The quantitative estimate of drug-likeness (QED) is 0.757. The molecule has 2 heterocycles. The highest BCUT2D eigenvalue weighted by atomic mass is 16.2. The summed E-state index contributed by atoms with van der Waals surface area (Å²) in [6.45, 7) is 5.63. The molecule has 2 amide bonds. The number of urea groups is 1. The molecule has 0 bridgehead atoms. The fraction of sp³-hybridized carbons (Fsp3) is 0.353. The number of carbonyl (C=O) groups is 1. The number of carbonyl (C=O) groups excluding carboxylic acids is 1. The first kappa shape index (κ1) is 16.0. The summed E-state index contributed by atoms with van der Waals surface area (Å²) < 4.78 is 3.86. The molecule has 2 N–H and O–H groups in total. The maximum Gasteiger partial charge on any atom is 0.319 e. The molecule has 0 radical (unpaired) electrons. The maximum atomic E-state index is 12.1. The summed E-state index contributed by atoms with van der Waals surface area (Å²) >= 11 is 0. The molecular weight excluding hydrogens is 304 g/mol. The minimum Gasteiger partial charge on any atom is -0.333 e. The summed E-state index contributed by atoms with van der Waals surface area (Å²) in [5.74, 6) is 0.526. The molecule has 0 atom stereocenters. The molecule has 0 fully saturated rings. The third kappa shape index (κ3) is 3.56. The van der Waals surface area contributed by atoms with Crippen LogP contribution in [0, 0.1) is 5.92 Å². The average Bonchev–Trinajstić information content (AvgIpc) is 3.11. The smallest absolute Gasteiger partial charge is 0.319 e. The average molecular weight is 326 g/mol. The molecular formula is C17H22N6O. The van der Waals surface area contributed by atoms with Gasteiger partial charge in [-0.1, -0.05) is 13.8 Å². The summed E-state index contributed by atoms with van der Waals surface area (Å²) in [4.78, 5) is 16.3. The van der Waals surface area contributed by atoms with E-state index in [1.807, 2.05) is 25.2 Å². The van der Waals surface area contributed by atoms with Gasteiger partial charge in [0.2, 0.25) is 0 Å². The second kappa shape index (κ2) is 6.74. The molecule has 7 nitrogen and oxygen atoms in total. The van der Waals surface area contributed by atoms with E-state index in [1.54, 1.807) is 23.4 Å². The van der Waals surface area contributed by atoms with E-state index >= 15 is 0 Å². The van der Waals surface area contributed by atoms with Gasteiger partial charge in [-0.25, -0.2) is 9.78 Å². The van der Waals surface area contributed by atoms with Gasteiger partial charge in [0.15, 0.2) is 0 Å². The van der Waals surface area contributed by atoms with E-state index in [0.29, 0.717) is 12.5 Å². The summed E-state index contributed by atoms with van der Waals surface area (Å²) in [6.07, 6.45) is 5.36. The van der Waals surface area contributed by atoms with Gasteiger partial charge < -0.3 is 15.2 Å². The number of rotatable bonds is 5. The van der Waals surface area contributed by atoms with Gasteiger partial charge in [0, 0.05) is 30.9 Å². The maximum absolute atomic E-state index is 12.1. The molecule has 126 valence electrons. The van der Waals surface area contributed by atoms with E-state index in [-0.39, 0.29) is 6.03 Å². The Morgan fingerprint density at radius 3 is 2.92 bits per heavy atom. The van der Waals surface area contributed by atoms with Crippen molar-refractivity contribution in [3.63, 3.8) is 0 Å². The fourth-order valence-electron chi connectivity index (χ4n) is 2.64. The second-order valence-corrected chi connectivity index (χ2v) is 6.28. The van der Waals surface area contributed by atoms with Gasteiger partial charge in [0.25, 0.3) is 0 Å². The highest BCUT2D eigenvalue weighted by molar-refractivity contribution is 5.92. The van der Waals surface area contributed by atoms with Crippen molar-refractivity contribution in [2.24, 2.45) is 13.0 Å². The van der Waals surface area contributed by atoms with Crippen molar-refractivity contribution in [1.82, 2.24) is 24.6 Å². The van der Waals surface area contributed by atoms with E-state index in [2.05, 4.69) is 39.1 Å². The zero-order chi connectivity index (χ0) is 17.1. The van der Waals surface area contributed by atoms with Crippen LogP contribution < -0.4 is 10.6 Å². The predicted molar refractivity (Wildman–Crippen MR) is 93.6 cm³/mol. The Morgan fingerprint density at radius 1 is 1.29 bits per heavy atom. The summed E-state index contributed by atoms with van der Waals surface area (Å²) in [6, 6.07) is 5.48. The standard InChI is InChI=1S/C17H22N6O/c1-12(2)10-23-11-18-8-15(23)9-19-17(24)21-14-4-5-16-13(6-14)7-20-22(16)3/h4-8,11-12H,9-10H2,1-3H3,(H2,19,21,24). The summed E-state index contributed by atoms with van der Waals surface area (Å²) in [5, 5.41) is 10.9. The lowest BCUT2D eigenvalue weighted by Crippen LogP contribution is -2.29. The molecule has 24 heavy (non-hydrogen) atoms. The molecule has 3 aromatic rings. The van der Waals surface area contributed by atoms with Gasteiger partial charge in [-0.05, 0) is 24.1 Å². The van der Waals surface area contributed by atoms with E-state index in [9.17, 15) is 4.79 Å². The predicted octanol–water partition coefficient (Wildman–Crippen LogP) is 2.75. The second-order valence-electron chi connectivity index (χ2n) is 6.28. The normalized spacial score (nSPS) is 11.2. The lowest BCUT2D eigenvalue weighted by molar-refractivity contribution is 0.251. The number of amides is 2. The molecule has 0 unspecified atom stereocenters. The van der Waals surface area contributed by atoms with Crippen molar-refractivity contribution in [2.75, 3.05) is 5.32 Å². The number of benzene rings is 1. The van der Waals surface area contributed by atoms with E-state index in [1.165, 1.54) is 0 Å². The third-order valence-electron chi connectivity index (χ3n) is 3.79. The first-order valence-corrected chi connectivity index (χ1v) is 7.98. The van der Waals surface area contributed by atoms with Gasteiger partial charge >= 0.3 is 6.03 Å². The Hall–Kier alpha value is -2.83. The SMILES string of the molecule is CC(C)Cn1cncc1CNC(=O)Nc1ccc2c(cnn2C)c1. The Morgan fingerprint density at radius 2 is 2.12 bits per heavy atom. The fourth-order valence-corrected chi connectivity index (χ4v) is 2.64. The van der Waals surface area contributed by atoms with Crippen molar-refractivity contribution >= 4 is 22.6 Å². The first-order chi connectivity index (χ1) is 11.5. The monoisotopic (exact) mass is 326 g/mol. The van der Waals surface area contributed by atoms with Crippen LogP contribution >= 0.6 is 0 Å². The Bertz CT molecular complexity index is 848. The van der Waals surface area contributed by atoms with Crippen LogP contribution in [-0.4, -0.2) is 25.4 Å². The molecule has 0 aliphatic heterocycles. The number of nitrogens with zero attached hydrogens (tertiary/aromatic N) is 4. The largest absolute Gasteiger partial charge is 0.333 e. The molecule has 7 heteroatoms. The zero-order valence-corrected chi connectivity index (χ0v) is 14.2. The third-order valence-corrected chi connectivity index (χ3v) is 3.79. The van der Waals surface area contributed by atoms with Gasteiger partial charge in [-0.2, -0.15) is 5.10 Å². The van der Waals surface area contributed by atoms with Crippen molar-refractivity contribution < 1.29 is 4.79 Å². The van der Waals surface area contributed by atoms with E-state index in [0.717, 1.165) is 28.8 Å². The van der Waals surface area contributed by atoms with Crippen LogP contribution in [0.25, 0.3) is 10.9 Å². The van der Waals surface area contributed by atoms with Gasteiger partial charge in [-0.3, -0.25) is 4.68 Å². The van der Waals surface area contributed by atoms with Gasteiger partial charge in [-0.15, -0.1) is 0 Å². The number of aryl methyl sites for hydroxylation is 1. The van der Waals surface area contributed by atoms with Crippen LogP contribution in [0.4, 0.5) is 10.5 Å². The highest BCUT2D eigenvalue weighted by Gasteiger charge is 2.08. The van der Waals surface area contributed by atoms with E-state index in [4.69, 9.17) is 0 Å². The Kier molecular flexibility index (Phi) is 4.50. The molecule has 0 saturated carbocycles.